The number of benzene rings is 2. The van der Waals surface area contributed by atoms with Gasteiger partial charge in [-0.3, -0.25) is 4.79 Å². The highest BCUT2D eigenvalue weighted by atomic mass is 16.5. The summed E-state index contributed by atoms with van der Waals surface area (Å²) in [6.45, 7) is 7.90. The highest BCUT2D eigenvalue weighted by Gasteiger charge is 2.26. The molecule has 0 aromatic heterocycles. The van der Waals surface area contributed by atoms with Gasteiger partial charge in [-0.2, -0.15) is 0 Å². The van der Waals surface area contributed by atoms with Gasteiger partial charge in [-0.1, -0.05) is 24.3 Å². The zero-order valence-electron chi connectivity index (χ0n) is 18.1. The summed E-state index contributed by atoms with van der Waals surface area (Å²) < 4.78 is 5.27. The molecule has 3 rings (SSSR count). The van der Waals surface area contributed by atoms with Crippen molar-refractivity contribution < 1.29 is 9.53 Å². The summed E-state index contributed by atoms with van der Waals surface area (Å²) in [5, 5.41) is 6.26. The van der Waals surface area contributed by atoms with Crippen LogP contribution < -0.4 is 15.4 Å². The van der Waals surface area contributed by atoms with Gasteiger partial charge in [0.15, 0.2) is 5.96 Å². The van der Waals surface area contributed by atoms with E-state index in [1.54, 1.807) is 7.11 Å². The minimum absolute atomic E-state index is 0.0443. The molecular formula is C24H32N4O2. The molecule has 1 unspecified atom stereocenters. The summed E-state index contributed by atoms with van der Waals surface area (Å²) in [6, 6.07) is 16.1. The number of carbonyl (C=O) groups excluding carboxylic acids is 1. The molecule has 0 bridgehead atoms. The molecule has 0 saturated carbocycles. The number of hydrogen-bond donors (Lipinski definition) is 2. The molecule has 2 aromatic rings. The molecule has 1 amide bonds. The highest BCUT2D eigenvalue weighted by Crippen LogP contribution is 2.28. The maximum atomic E-state index is 12.1. The molecule has 0 radical (unpaired) electrons. The number of likely N-dealkylation sites (tertiary alicyclic amines) is 1. The van der Waals surface area contributed by atoms with Crippen molar-refractivity contribution in [1.82, 2.24) is 15.5 Å². The number of nitrogens with zero attached hydrogens (tertiary/aromatic N) is 2. The molecule has 2 aromatic carbocycles. The van der Waals surface area contributed by atoms with Crippen molar-refractivity contribution in [3.8, 4) is 5.75 Å². The predicted octanol–water partition coefficient (Wildman–Crippen LogP) is 3.40. The van der Waals surface area contributed by atoms with E-state index in [4.69, 9.17) is 9.73 Å². The predicted molar refractivity (Wildman–Crippen MR) is 121 cm³/mol. The normalized spacial score (nSPS) is 16.4. The number of methoxy groups -OCH3 is 1. The van der Waals surface area contributed by atoms with Gasteiger partial charge < -0.3 is 20.3 Å². The molecule has 1 atom stereocenters. The molecule has 0 aliphatic carbocycles. The van der Waals surface area contributed by atoms with Gasteiger partial charge in [-0.05, 0) is 55.7 Å². The van der Waals surface area contributed by atoms with E-state index in [1.807, 2.05) is 43.3 Å². The first kappa shape index (κ1) is 21.7. The van der Waals surface area contributed by atoms with Crippen LogP contribution in [0.3, 0.4) is 0 Å². The minimum Gasteiger partial charge on any atom is -0.497 e. The van der Waals surface area contributed by atoms with Crippen molar-refractivity contribution in [3.05, 3.63) is 65.2 Å². The zero-order valence-corrected chi connectivity index (χ0v) is 18.1. The third-order valence-corrected chi connectivity index (χ3v) is 5.35. The molecule has 1 saturated heterocycles. The van der Waals surface area contributed by atoms with Gasteiger partial charge in [-0.15, -0.1) is 0 Å². The van der Waals surface area contributed by atoms with Crippen molar-refractivity contribution in [1.29, 1.82) is 0 Å². The second-order valence-electron chi connectivity index (χ2n) is 7.43. The number of amides is 1. The first-order valence-electron chi connectivity index (χ1n) is 10.7. The lowest BCUT2D eigenvalue weighted by Gasteiger charge is -2.22. The first-order chi connectivity index (χ1) is 14.6. The van der Waals surface area contributed by atoms with Crippen LogP contribution in [0.4, 0.5) is 0 Å². The largest absolute Gasteiger partial charge is 0.497 e. The maximum absolute atomic E-state index is 12.1. The van der Waals surface area contributed by atoms with E-state index in [0.717, 1.165) is 43.3 Å². The Labute approximate surface area is 179 Å². The second kappa shape index (κ2) is 10.7. The van der Waals surface area contributed by atoms with Crippen LogP contribution in [0.15, 0.2) is 53.5 Å². The summed E-state index contributed by atoms with van der Waals surface area (Å²) in [7, 11) is 1.69. The fourth-order valence-corrected chi connectivity index (χ4v) is 3.77. The van der Waals surface area contributed by atoms with Crippen molar-refractivity contribution in [2.45, 2.75) is 32.7 Å². The number of nitrogens with one attached hydrogen (secondary N) is 2. The number of guanidine groups is 1. The zero-order chi connectivity index (χ0) is 21.3. The molecule has 0 spiro atoms. The Morgan fingerprint density at radius 2 is 1.90 bits per heavy atom. The molecular weight excluding hydrogens is 376 g/mol. The van der Waals surface area contributed by atoms with Crippen LogP contribution in [-0.2, 0) is 6.54 Å². The van der Waals surface area contributed by atoms with E-state index >= 15 is 0 Å². The number of hydrogen-bond acceptors (Lipinski definition) is 3. The van der Waals surface area contributed by atoms with Gasteiger partial charge in [0, 0.05) is 37.7 Å². The van der Waals surface area contributed by atoms with Crippen LogP contribution in [0.2, 0.25) is 0 Å². The second-order valence-corrected chi connectivity index (χ2v) is 7.43. The van der Waals surface area contributed by atoms with E-state index in [0.29, 0.717) is 24.6 Å². The molecule has 160 valence electrons. The summed E-state index contributed by atoms with van der Waals surface area (Å²) in [5.41, 5.74) is 3.04. The SMILES string of the molecule is CCNC(=O)c1cccc(CN=C(NCC)N2CCC(c3ccc(OC)cc3)C2)c1. The lowest BCUT2D eigenvalue weighted by Crippen LogP contribution is -2.40. The Bertz CT molecular complexity index is 864. The van der Waals surface area contributed by atoms with Crippen molar-refractivity contribution in [2.75, 3.05) is 33.3 Å². The third kappa shape index (κ3) is 5.53. The summed E-state index contributed by atoms with van der Waals surface area (Å²) in [4.78, 5) is 19.3. The van der Waals surface area contributed by atoms with Gasteiger partial charge in [0.1, 0.15) is 5.75 Å². The maximum Gasteiger partial charge on any atom is 0.251 e. The van der Waals surface area contributed by atoms with Gasteiger partial charge in [0.05, 0.1) is 13.7 Å². The third-order valence-electron chi connectivity index (χ3n) is 5.35. The quantitative estimate of drug-likeness (QED) is 0.544. The molecule has 1 aliphatic heterocycles. The van der Waals surface area contributed by atoms with Gasteiger partial charge in [0.2, 0.25) is 0 Å². The highest BCUT2D eigenvalue weighted by molar-refractivity contribution is 5.94. The van der Waals surface area contributed by atoms with Gasteiger partial charge in [0.25, 0.3) is 5.91 Å². The molecule has 2 N–H and O–H groups in total. The molecule has 6 heteroatoms. The molecule has 30 heavy (non-hydrogen) atoms. The smallest absolute Gasteiger partial charge is 0.251 e. The summed E-state index contributed by atoms with van der Waals surface area (Å²) >= 11 is 0. The van der Waals surface area contributed by atoms with Crippen molar-refractivity contribution in [3.63, 3.8) is 0 Å². The summed E-state index contributed by atoms with van der Waals surface area (Å²) in [6.07, 6.45) is 1.10. The fourth-order valence-electron chi connectivity index (χ4n) is 3.77. The van der Waals surface area contributed by atoms with E-state index < -0.39 is 0 Å². The Morgan fingerprint density at radius 3 is 2.60 bits per heavy atom. The topological polar surface area (TPSA) is 66.0 Å². The Kier molecular flexibility index (Phi) is 7.71. The van der Waals surface area contributed by atoms with Crippen molar-refractivity contribution >= 4 is 11.9 Å². The van der Waals surface area contributed by atoms with Crippen LogP contribution >= 0.6 is 0 Å². The van der Waals surface area contributed by atoms with Gasteiger partial charge >= 0.3 is 0 Å². The van der Waals surface area contributed by atoms with Gasteiger partial charge in [-0.25, -0.2) is 4.99 Å². The minimum atomic E-state index is -0.0443. The molecule has 1 heterocycles. The standard InChI is InChI=1S/C24H32N4O2/c1-4-25-23(29)20-8-6-7-18(15-20)16-27-24(26-5-2)28-14-13-21(17-28)19-9-11-22(30-3)12-10-19/h6-12,15,21H,4-5,13-14,16-17H2,1-3H3,(H,25,29)(H,26,27). The Balaban J connectivity index is 1.67. The lowest BCUT2D eigenvalue weighted by molar-refractivity contribution is 0.0955. The Morgan fingerprint density at radius 1 is 1.13 bits per heavy atom. The number of ether oxygens (including phenoxy) is 1. The number of rotatable bonds is 7. The lowest BCUT2D eigenvalue weighted by atomic mass is 9.98. The summed E-state index contributed by atoms with van der Waals surface area (Å²) in [5.74, 6) is 2.26. The van der Waals surface area contributed by atoms with E-state index in [-0.39, 0.29) is 5.91 Å². The first-order valence-corrected chi connectivity index (χ1v) is 10.7. The van der Waals surface area contributed by atoms with E-state index in [9.17, 15) is 4.79 Å². The molecule has 1 fully saturated rings. The fraction of sp³-hybridized carbons (Fsp3) is 0.417. The van der Waals surface area contributed by atoms with E-state index in [1.165, 1.54) is 5.56 Å². The van der Waals surface area contributed by atoms with Crippen LogP contribution in [0.1, 0.15) is 47.7 Å². The van der Waals surface area contributed by atoms with E-state index in [2.05, 4.69) is 34.6 Å². The average molecular weight is 409 g/mol. The van der Waals surface area contributed by atoms with Crippen molar-refractivity contribution in [2.24, 2.45) is 4.99 Å². The van der Waals surface area contributed by atoms with Crippen LogP contribution in [0.25, 0.3) is 0 Å². The monoisotopic (exact) mass is 408 g/mol. The number of carbonyl (C=O) groups is 1. The molecule has 6 nitrogen and oxygen atoms in total. The van der Waals surface area contributed by atoms with Crippen LogP contribution in [0.5, 0.6) is 5.75 Å². The Hall–Kier alpha value is -3.02. The molecule has 1 aliphatic rings. The number of aliphatic imine (C=N–C) groups is 1. The average Bonchev–Trinajstić information content (AvgIpc) is 3.27. The van der Waals surface area contributed by atoms with Crippen LogP contribution in [0, 0.1) is 0 Å². The van der Waals surface area contributed by atoms with Crippen LogP contribution in [-0.4, -0.2) is 50.1 Å².